The van der Waals surface area contributed by atoms with Crippen molar-refractivity contribution >= 4 is 34.9 Å². The van der Waals surface area contributed by atoms with E-state index in [1.54, 1.807) is 36.1 Å². The Hall–Kier alpha value is -2.38. The van der Waals surface area contributed by atoms with Crippen LogP contribution in [0.4, 0.5) is 10.2 Å². The third kappa shape index (κ3) is 4.18. The summed E-state index contributed by atoms with van der Waals surface area (Å²) in [5, 5.41) is 11.7. The van der Waals surface area contributed by atoms with Gasteiger partial charge >= 0.3 is 0 Å². The molecular formula is C16H14Cl2FN5O. The zero-order chi connectivity index (χ0) is 18.0. The number of nitrogens with zero attached hydrogens (tertiary/aromatic N) is 4. The third-order valence-corrected chi connectivity index (χ3v) is 4.03. The van der Waals surface area contributed by atoms with Crippen LogP contribution in [-0.4, -0.2) is 25.5 Å². The molecule has 1 amide bonds. The molecule has 1 aromatic carbocycles. The van der Waals surface area contributed by atoms with Gasteiger partial charge in [-0.2, -0.15) is 10.2 Å². The summed E-state index contributed by atoms with van der Waals surface area (Å²) >= 11 is 11.9. The van der Waals surface area contributed by atoms with Crippen molar-refractivity contribution in [3.8, 4) is 0 Å². The zero-order valence-corrected chi connectivity index (χ0v) is 14.7. The van der Waals surface area contributed by atoms with E-state index in [-0.39, 0.29) is 17.5 Å². The van der Waals surface area contributed by atoms with Crippen LogP contribution in [-0.2, 0) is 11.3 Å². The van der Waals surface area contributed by atoms with E-state index in [0.29, 0.717) is 16.6 Å². The Bertz CT molecular complexity index is 890. The Morgan fingerprint density at radius 1 is 1.28 bits per heavy atom. The molecule has 0 bridgehead atoms. The molecular weight excluding hydrogens is 368 g/mol. The summed E-state index contributed by atoms with van der Waals surface area (Å²) in [5.41, 5.74) is 0.859. The lowest BCUT2D eigenvalue weighted by molar-refractivity contribution is -0.119. The number of anilines is 1. The van der Waals surface area contributed by atoms with Crippen LogP contribution < -0.4 is 5.32 Å². The molecule has 6 nitrogen and oxygen atoms in total. The Kier molecular flexibility index (Phi) is 5.06. The Labute approximate surface area is 153 Å². The smallest absolute Gasteiger partial charge is 0.250 e. The molecule has 2 heterocycles. The van der Waals surface area contributed by atoms with Gasteiger partial charge in [-0.15, -0.1) is 0 Å². The summed E-state index contributed by atoms with van der Waals surface area (Å²) in [6.45, 7) is 2.09. The number of benzene rings is 1. The van der Waals surface area contributed by atoms with Crippen molar-refractivity contribution in [2.45, 2.75) is 19.5 Å². The summed E-state index contributed by atoms with van der Waals surface area (Å²) in [5.74, 6) is -0.379. The van der Waals surface area contributed by atoms with Crippen LogP contribution in [0.1, 0.15) is 18.5 Å². The predicted molar refractivity (Wildman–Crippen MR) is 93.3 cm³/mol. The maximum absolute atomic E-state index is 12.9. The Morgan fingerprint density at radius 2 is 2.00 bits per heavy atom. The van der Waals surface area contributed by atoms with Crippen LogP contribution in [0.5, 0.6) is 0 Å². The second-order valence-electron chi connectivity index (χ2n) is 5.45. The lowest BCUT2D eigenvalue weighted by Gasteiger charge is -2.11. The minimum Gasteiger partial charge on any atom is -0.306 e. The van der Waals surface area contributed by atoms with Crippen LogP contribution in [0, 0.1) is 5.82 Å². The first-order valence-electron chi connectivity index (χ1n) is 7.40. The number of halogens is 3. The number of hydrogen-bond donors (Lipinski definition) is 1. The molecule has 0 aliphatic rings. The molecule has 0 spiro atoms. The van der Waals surface area contributed by atoms with Gasteiger partial charge in [-0.25, -0.2) is 4.39 Å². The van der Waals surface area contributed by atoms with Gasteiger partial charge in [0.25, 0.3) is 0 Å². The molecule has 1 N–H and O–H groups in total. The minimum atomic E-state index is -0.578. The SMILES string of the molecule is CC(C(=O)Nc1nn(Cc2ccc(F)cc2)cc1Cl)n1cc(Cl)cn1. The van der Waals surface area contributed by atoms with E-state index in [2.05, 4.69) is 15.5 Å². The van der Waals surface area contributed by atoms with Gasteiger partial charge in [0, 0.05) is 12.4 Å². The van der Waals surface area contributed by atoms with Crippen molar-refractivity contribution in [3.05, 3.63) is 64.3 Å². The molecule has 2 aromatic heterocycles. The molecule has 0 aliphatic heterocycles. The zero-order valence-electron chi connectivity index (χ0n) is 13.2. The van der Waals surface area contributed by atoms with Crippen LogP contribution in [0.25, 0.3) is 0 Å². The van der Waals surface area contributed by atoms with Crippen LogP contribution in [0.3, 0.4) is 0 Å². The molecule has 0 saturated carbocycles. The van der Waals surface area contributed by atoms with Gasteiger partial charge in [-0.05, 0) is 24.6 Å². The summed E-state index contributed by atoms with van der Waals surface area (Å²) in [4.78, 5) is 12.3. The maximum atomic E-state index is 12.9. The van der Waals surface area contributed by atoms with Gasteiger partial charge in [0.05, 0.1) is 17.8 Å². The minimum absolute atomic E-state index is 0.249. The van der Waals surface area contributed by atoms with Crippen LogP contribution in [0.2, 0.25) is 10.0 Å². The van der Waals surface area contributed by atoms with Crippen LogP contribution >= 0.6 is 23.2 Å². The normalized spacial score (nSPS) is 12.2. The lowest BCUT2D eigenvalue weighted by atomic mass is 10.2. The number of carbonyl (C=O) groups is 1. The number of rotatable bonds is 5. The molecule has 0 radical (unpaired) electrons. The fourth-order valence-corrected chi connectivity index (χ4v) is 2.55. The van der Waals surface area contributed by atoms with Crippen molar-refractivity contribution in [2.75, 3.05) is 5.32 Å². The molecule has 3 rings (SSSR count). The van der Waals surface area contributed by atoms with Crippen molar-refractivity contribution in [2.24, 2.45) is 0 Å². The second-order valence-corrected chi connectivity index (χ2v) is 6.30. The fourth-order valence-electron chi connectivity index (χ4n) is 2.21. The van der Waals surface area contributed by atoms with E-state index >= 15 is 0 Å². The van der Waals surface area contributed by atoms with Gasteiger partial charge in [0.1, 0.15) is 16.9 Å². The second kappa shape index (κ2) is 7.25. The van der Waals surface area contributed by atoms with E-state index in [1.807, 2.05) is 0 Å². The molecule has 3 aromatic rings. The molecule has 0 aliphatic carbocycles. The van der Waals surface area contributed by atoms with E-state index in [4.69, 9.17) is 23.2 Å². The summed E-state index contributed by atoms with van der Waals surface area (Å²) < 4.78 is 16.0. The maximum Gasteiger partial charge on any atom is 0.250 e. The van der Waals surface area contributed by atoms with Crippen molar-refractivity contribution in [1.29, 1.82) is 0 Å². The molecule has 9 heteroatoms. The number of aromatic nitrogens is 4. The Balaban J connectivity index is 1.69. The van der Waals surface area contributed by atoms with Crippen molar-refractivity contribution in [3.63, 3.8) is 0 Å². The standard InChI is InChI=1S/C16H14Cl2FN5O/c1-10(24-8-12(17)6-20-24)16(25)21-15-14(18)9-23(22-15)7-11-2-4-13(19)5-3-11/h2-6,8-10H,7H2,1H3,(H,21,22,25). The van der Waals surface area contributed by atoms with Gasteiger partial charge < -0.3 is 5.32 Å². The topological polar surface area (TPSA) is 64.7 Å². The van der Waals surface area contributed by atoms with Gasteiger partial charge in [0.2, 0.25) is 5.91 Å². The van der Waals surface area contributed by atoms with Gasteiger partial charge in [0.15, 0.2) is 5.82 Å². The highest BCUT2D eigenvalue weighted by molar-refractivity contribution is 6.33. The van der Waals surface area contributed by atoms with Gasteiger partial charge in [-0.3, -0.25) is 14.2 Å². The summed E-state index contributed by atoms with van der Waals surface area (Å²) in [6.07, 6.45) is 4.60. The number of hydrogen-bond acceptors (Lipinski definition) is 3. The third-order valence-electron chi connectivity index (χ3n) is 3.56. The molecule has 1 unspecified atom stereocenters. The average Bonchev–Trinajstić information content (AvgIpc) is 3.15. The fraction of sp³-hybridized carbons (Fsp3) is 0.188. The molecule has 25 heavy (non-hydrogen) atoms. The van der Waals surface area contributed by atoms with Crippen molar-refractivity contribution in [1.82, 2.24) is 19.6 Å². The molecule has 130 valence electrons. The lowest BCUT2D eigenvalue weighted by Crippen LogP contribution is -2.24. The Morgan fingerprint density at radius 3 is 2.64 bits per heavy atom. The highest BCUT2D eigenvalue weighted by atomic mass is 35.5. The first-order chi connectivity index (χ1) is 11.9. The highest BCUT2D eigenvalue weighted by Crippen LogP contribution is 2.21. The average molecular weight is 382 g/mol. The monoisotopic (exact) mass is 381 g/mol. The van der Waals surface area contributed by atoms with E-state index in [9.17, 15) is 9.18 Å². The van der Waals surface area contributed by atoms with Crippen molar-refractivity contribution < 1.29 is 9.18 Å². The highest BCUT2D eigenvalue weighted by Gasteiger charge is 2.19. The predicted octanol–water partition coefficient (Wildman–Crippen LogP) is 3.77. The molecule has 1 atom stereocenters. The molecule has 0 fully saturated rings. The largest absolute Gasteiger partial charge is 0.306 e. The summed E-state index contributed by atoms with van der Waals surface area (Å²) in [6, 6.07) is 5.49. The number of amides is 1. The van der Waals surface area contributed by atoms with E-state index < -0.39 is 6.04 Å². The first kappa shape index (κ1) is 17.4. The van der Waals surface area contributed by atoms with Crippen LogP contribution in [0.15, 0.2) is 42.9 Å². The number of carbonyl (C=O) groups excluding carboxylic acids is 1. The van der Waals surface area contributed by atoms with Gasteiger partial charge in [-0.1, -0.05) is 35.3 Å². The van der Waals surface area contributed by atoms with E-state index in [0.717, 1.165) is 5.56 Å². The first-order valence-corrected chi connectivity index (χ1v) is 8.16. The quantitative estimate of drug-likeness (QED) is 0.731. The summed E-state index contributed by atoms with van der Waals surface area (Å²) in [7, 11) is 0. The van der Waals surface area contributed by atoms with E-state index in [1.165, 1.54) is 23.0 Å². The molecule has 0 saturated heterocycles. The number of nitrogens with one attached hydrogen (secondary N) is 1.